The van der Waals surface area contributed by atoms with Crippen molar-refractivity contribution in [2.75, 3.05) is 39.3 Å². The van der Waals surface area contributed by atoms with Gasteiger partial charge in [-0.2, -0.15) is 0 Å². The molecule has 25 heavy (non-hydrogen) atoms. The zero-order valence-corrected chi connectivity index (χ0v) is 16.0. The molecule has 1 saturated carbocycles. The van der Waals surface area contributed by atoms with E-state index >= 15 is 0 Å². The molecule has 3 saturated heterocycles. The van der Waals surface area contributed by atoms with Crippen LogP contribution in [0, 0.1) is 17.3 Å². The van der Waals surface area contributed by atoms with Crippen LogP contribution in [0.25, 0.3) is 0 Å². The topological polar surface area (TPSA) is 52.7 Å². The lowest BCUT2D eigenvalue weighted by atomic mass is 9.90. The first-order valence-corrected chi connectivity index (χ1v) is 9.95. The molecule has 4 aliphatic rings. The zero-order chi connectivity index (χ0) is 16.6. The summed E-state index contributed by atoms with van der Waals surface area (Å²) < 4.78 is 0. The number of halogens is 1. The maximum absolute atomic E-state index is 12.8. The van der Waals surface area contributed by atoms with E-state index in [0.29, 0.717) is 29.1 Å². The Labute approximate surface area is 157 Å². The van der Waals surface area contributed by atoms with Crippen molar-refractivity contribution in [3.63, 3.8) is 0 Å². The van der Waals surface area contributed by atoms with E-state index in [1.807, 2.05) is 0 Å². The first-order valence-electron chi connectivity index (χ1n) is 9.95. The van der Waals surface area contributed by atoms with Crippen molar-refractivity contribution in [3.05, 3.63) is 0 Å². The minimum absolute atomic E-state index is 0. The summed E-state index contributed by atoms with van der Waals surface area (Å²) in [4.78, 5) is 29.0. The lowest BCUT2D eigenvalue weighted by molar-refractivity contribution is -0.137. The number of hydrogen-bond acceptors (Lipinski definition) is 3. The molecule has 1 aliphatic carbocycles. The van der Waals surface area contributed by atoms with Gasteiger partial charge in [-0.15, -0.1) is 12.4 Å². The number of nitrogens with one attached hydrogen (secondary N) is 1. The van der Waals surface area contributed by atoms with Crippen LogP contribution in [0.3, 0.4) is 0 Å². The van der Waals surface area contributed by atoms with Crippen LogP contribution in [-0.4, -0.2) is 60.9 Å². The van der Waals surface area contributed by atoms with E-state index in [2.05, 4.69) is 15.1 Å². The standard InChI is InChI=1S/C19H31N3O2.ClH/c23-17-3-1-2-10-22(17)14-15-4-11-21(12-5-15)18(24)16-13-19(16)6-8-20-9-7-19;/h15-16,20H,1-14H2;1H. The summed E-state index contributed by atoms with van der Waals surface area (Å²) >= 11 is 0. The van der Waals surface area contributed by atoms with E-state index in [0.717, 1.165) is 77.8 Å². The molecule has 0 bridgehead atoms. The van der Waals surface area contributed by atoms with Gasteiger partial charge in [-0.05, 0) is 69.4 Å². The third-order valence-corrected chi connectivity index (χ3v) is 6.91. The number of nitrogens with zero attached hydrogens (tertiary/aromatic N) is 2. The second-order valence-corrected chi connectivity index (χ2v) is 8.43. The molecule has 3 aliphatic heterocycles. The summed E-state index contributed by atoms with van der Waals surface area (Å²) in [5.41, 5.74) is 0.347. The van der Waals surface area contributed by atoms with Crippen molar-refractivity contribution < 1.29 is 9.59 Å². The van der Waals surface area contributed by atoms with Gasteiger partial charge in [0.1, 0.15) is 0 Å². The largest absolute Gasteiger partial charge is 0.342 e. The second kappa shape index (κ2) is 7.83. The van der Waals surface area contributed by atoms with Gasteiger partial charge in [-0.25, -0.2) is 0 Å². The smallest absolute Gasteiger partial charge is 0.226 e. The van der Waals surface area contributed by atoms with Gasteiger partial charge in [0, 0.05) is 38.5 Å². The molecule has 4 fully saturated rings. The second-order valence-electron chi connectivity index (χ2n) is 8.43. The average molecular weight is 370 g/mol. The first kappa shape index (κ1) is 19.0. The molecule has 4 rings (SSSR count). The molecule has 0 aromatic heterocycles. The number of carbonyl (C=O) groups excluding carboxylic acids is 2. The number of hydrogen-bond donors (Lipinski definition) is 1. The molecular formula is C19H32ClN3O2. The number of piperidine rings is 3. The Morgan fingerprint density at radius 3 is 2.52 bits per heavy atom. The van der Waals surface area contributed by atoms with Crippen LogP contribution in [0.5, 0.6) is 0 Å². The van der Waals surface area contributed by atoms with E-state index in [9.17, 15) is 9.59 Å². The third kappa shape index (κ3) is 3.97. The van der Waals surface area contributed by atoms with Crippen LogP contribution in [0.1, 0.15) is 51.4 Å². The summed E-state index contributed by atoms with van der Waals surface area (Å²) in [7, 11) is 0. The normalized spacial score (nSPS) is 29.4. The van der Waals surface area contributed by atoms with Gasteiger partial charge in [0.15, 0.2) is 0 Å². The molecule has 3 heterocycles. The van der Waals surface area contributed by atoms with Gasteiger partial charge in [0.25, 0.3) is 0 Å². The van der Waals surface area contributed by atoms with Crippen LogP contribution in [0.2, 0.25) is 0 Å². The Bertz CT molecular complexity index is 499. The predicted octanol–water partition coefficient (Wildman–Crippen LogP) is 2.05. The SMILES string of the molecule is Cl.O=C1CCCCN1CC1CCN(C(=O)C2CC23CCNCC3)CC1. The highest BCUT2D eigenvalue weighted by atomic mass is 35.5. The van der Waals surface area contributed by atoms with Gasteiger partial charge < -0.3 is 15.1 Å². The van der Waals surface area contributed by atoms with Crippen molar-refractivity contribution >= 4 is 24.2 Å². The summed E-state index contributed by atoms with van der Waals surface area (Å²) in [6.45, 7) is 5.81. The van der Waals surface area contributed by atoms with Crippen molar-refractivity contribution in [1.82, 2.24) is 15.1 Å². The van der Waals surface area contributed by atoms with Gasteiger partial charge in [0.05, 0.1) is 0 Å². The quantitative estimate of drug-likeness (QED) is 0.828. The Balaban J connectivity index is 0.00000182. The Morgan fingerprint density at radius 1 is 1.12 bits per heavy atom. The molecule has 1 spiro atoms. The van der Waals surface area contributed by atoms with Gasteiger partial charge in [-0.3, -0.25) is 9.59 Å². The van der Waals surface area contributed by atoms with Gasteiger partial charge in [-0.1, -0.05) is 0 Å². The minimum Gasteiger partial charge on any atom is -0.342 e. The predicted molar refractivity (Wildman–Crippen MR) is 99.6 cm³/mol. The van der Waals surface area contributed by atoms with Crippen LogP contribution in [-0.2, 0) is 9.59 Å². The number of carbonyl (C=O) groups is 2. The molecule has 1 atom stereocenters. The monoisotopic (exact) mass is 369 g/mol. The van der Waals surface area contributed by atoms with E-state index in [1.54, 1.807) is 0 Å². The van der Waals surface area contributed by atoms with Crippen LogP contribution < -0.4 is 5.32 Å². The molecule has 1 unspecified atom stereocenters. The van der Waals surface area contributed by atoms with E-state index in [4.69, 9.17) is 0 Å². The molecule has 6 heteroatoms. The average Bonchev–Trinajstić information content (AvgIpc) is 3.30. The minimum atomic E-state index is 0. The van der Waals surface area contributed by atoms with E-state index < -0.39 is 0 Å². The fourth-order valence-corrected chi connectivity index (χ4v) is 5.10. The summed E-state index contributed by atoms with van der Waals surface area (Å²) in [6.07, 6.45) is 8.55. The lowest BCUT2D eigenvalue weighted by Crippen LogP contribution is -2.45. The Morgan fingerprint density at radius 2 is 1.84 bits per heavy atom. The van der Waals surface area contributed by atoms with Crippen molar-refractivity contribution in [1.29, 1.82) is 0 Å². The summed E-state index contributed by atoms with van der Waals surface area (Å²) in [5, 5.41) is 3.41. The van der Waals surface area contributed by atoms with Crippen molar-refractivity contribution in [2.24, 2.45) is 17.3 Å². The molecule has 0 aromatic carbocycles. The Kier molecular flexibility index (Phi) is 5.94. The lowest BCUT2D eigenvalue weighted by Gasteiger charge is -2.36. The maximum Gasteiger partial charge on any atom is 0.226 e. The van der Waals surface area contributed by atoms with Crippen LogP contribution >= 0.6 is 12.4 Å². The van der Waals surface area contributed by atoms with Gasteiger partial charge >= 0.3 is 0 Å². The summed E-state index contributed by atoms with van der Waals surface area (Å²) in [6, 6.07) is 0. The van der Waals surface area contributed by atoms with E-state index in [-0.39, 0.29) is 12.4 Å². The molecule has 1 N–H and O–H groups in total. The number of amides is 2. The van der Waals surface area contributed by atoms with E-state index in [1.165, 1.54) is 12.8 Å². The van der Waals surface area contributed by atoms with Crippen LogP contribution in [0.15, 0.2) is 0 Å². The molecule has 5 nitrogen and oxygen atoms in total. The maximum atomic E-state index is 12.8. The third-order valence-electron chi connectivity index (χ3n) is 6.91. The fourth-order valence-electron chi connectivity index (χ4n) is 5.10. The van der Waals surface area contributed by atoms with Crippen molar-refractivity contribution in [3.8, 4) is 0 Å². The highest BCUT2D eigenvalue weighted by molar-refractivity contribution is 5.85. The highest BCUT2D eigenvalue weighted by Gasteiger charge is 2.58. The number of likely N-dealkylation sites (tertiary alicyclic amines) is 2. The van der Waals surface area contributed by atoms with Crippen LogP contribution in [0.4, 0.5) is 0 Å². The molecular weight excluding hydrogens is 338 g/mol. The molecule has 0 aromatic rings. The van der Waals surface area contributed by atoms with Crippen molar-refractivity contribution in [2.45, 2.75) is 51.4 Å². The highest BCUT2D eigenvalue weighted by Crippen LogP contribution is 2.59. The number of rotatable bonds is 3. The fraction of sp³-hybridized carbons (Fsp3) is 0.895. The zero-order valence-electron chi connectivity index (χ0n) is 15.2. The Hall–Kier alpha value is -0.810. The molecule has 0 radical (unpaired) electrons. The first-order chi connectivity index (χ1) is 11.7. The van der Waals surface area contributed by atoms with Gasteiger partial charge in [0.2, 0.25) is 11.8 Å². The molecule has 142 valence electrons. The summed E-state index contributed by atoms with van der Waals surface area (Å²) in [5.74, 6) is 1.65. The molecule has 2 amide bonds.